The van der Waals surface area contributed by atoms with E-state index >= 15 is 0 Å². The monoisotopic (exact) mass is 433 g/mol. The van der Waals surface area contributed by atoms with Crippen LogP contribution in [0.2, 0.25) is 0 Å². The molecule has 0 atom stereocenters. The van der Waals surface area contributed by atoms with Crippen LogP contribution in [-0.2, 0) is 21.4 Å². The topological polar surface area (TPSA) is 116 Å². The first-order chi connectivity index (χ1) is 14.1. The fourth-order valence-electron chi connectivity index (χ4n) is 3.19. The number of sulfonamides is 1. The molecule has 0 aliphatic carbocycles. The van der Waals surface area contributed by atoms with Crippen molar-refractivity contribution in [3.05, 3.63) is 57.3 Å². The first-order valence-electron chi connectivity index (χ1n) is 9.17. The lowest BCUT2D eigenvalue weighted by Gasteiger charge is -2.34. The van der Waals surface area contributed by atoms with Gasteiger partial charge in [-0.3, -0.25) is 9.59 Å². The zero-order valence-electron chi connectivity index (χ0n) is 16.5. The van der Waals surface area contributed by atoms with Crippen molar-refractivity contribution in [2.75, 3.05) is 26.2 Å². The molecule has 0 radical (unpaired) electrons. The molecule has 0 bridgehead atoms. The molecular weight excluding hydrogens is 413 g/mol. The Labute approximate surface area is 173 Å². The van der Waals surface area contributed by atoms with Crippen LogP contribution in [0.15, 0.2) is 34.0 Å². The first-order valence-corrected chi connectivity index (χ1v) is 10.6. The van der Waals surface area contributed by atoms with Crippen LogP contribution in [0.4, 0.5) is 4.39 Å². The predicted molar refractivity (Wildman–Crippen MR) is 104 cm³/mol. The molecule has 2 heterocycles. The Morgan fingerprint density at radius 3 is 2.50 bits per heavy atom. The molecule has 1 aliphatic heterocycles. The van der Waals surface area contributed by atoms with Gasteiger partial charge in [-0.1, -0.05) is 6.07 Å². The van der Waals surface area contributed by atoms with Gasteiger partial charge in [-0.15, -0.1) is 0 Å². The van der Waals surface area contributed by atoms with Gasteiger partial charge in [0.05, 0.1) is 10.6 Å². The Balaban J connectivity index is 1.70. The molecule has 1 saturated heterocycles. The Kier molecular flexibility index (Phi) is 6.00. The summed E-state index contributed by atoms with van der Waals surface area (Å²) in [6.45, 7) is 3.26. The number of carbonyl (C=O) groups is 1. The molecule has 3 rings (SSSR count). The van der Waals surface area contributed by atoms with E-state index in [0.717, 1.165) is 16.8 Å². The highest BCUT2D eigenvalue weighted by Crippen LogP contribution is 2.18. The van der Waals surface area contributed by atoms with E-state index in [-0.39, 0.29) is 43.2 Å². The number of amides is 1. The maximum absolute atomic E-state index is 13.4. The van der Waals surface area contributed by atoms with Crippen LogP contribution in [0.1, 0.15) is 16.8 Å². The molecule has 1 fully saturated rings. The van der Waals surface area contributed by atoms with Crippen LogP contribution in [0, 0.1) is 31.0 Å². The summed E-state index contributed by atoms with van der Waals surface area (Å²) in [4.78, 5) is 26.3. The summed E-state index contributed by atoms with van der Waals surface area (Å²) < 4.78 is 40.9. The van der Waals surface area contributed by atoms with Crippen molar-refractivity contribution in [1.29, 1.82) is 5.26 Å². The highest BCUT2D eigenvalue weighted by Gasteiger charge is 2.30. The minimum Gasteiger partial charge on any atom is -0.338 e. The maximum Gasteiger partial charge on any atom is 0.285 e. The van der Waals surface area contributed by atoms with Crippen molar-refractivity contribution in [2.45, 2.75) is 25.3 Å². The zero-order chi connectivity index (χ0) is 22.1. The number of benzene rings is 1. The van der Waals surface area contributed by atoms with Crippen LogP contribution in [-0.4, -0.2) is 59.5 Å². The van der Waals surface area contributed by atoms with Crippen LogP contribution in [0.3, 0.4) is 0 Å². The third-order valence-corrected chi connectivity index (χ3v) is 6.95. The van der Waals surface area contributed by atoms with Gasteiger partial charge in [-0.05, 0) is 37.6 Å². The second-order valence-electron chi connectivity index (χ2n) is 6.90. The SMILES string of the molecule is Cc1nn(CC(=O)N2CCN(S(=O)(=O)c3cccc(F)c3)CC2)c(=O)c(C#N)c1C. The molecular formula is C19H20FN5O4S. The molecule has 0 spiro atoms. The Bertz CT molecular complexity index is 1190. The second-order valence-corrected chi connectivity index (χ2v) is 8.84. The molecule has 0 saturated carbocycles. The fourth-order valence-corrected chi connectivity index (χ4v) is 4.65. The number of aryl methyl sites for hydroxylation is 1. The number of hydrogen-bond acceptors (Lipinski definition) is 6. The van der Waals surface area contributed by atoms with E-state index in [9.17, 15) is 27.7 Å². The summed E-state index contributed by atoms with van der Waals surface area (Å²) in [5.41, 5.74) is 0.259. The van der Waals surface area contributed by atoms with E-state index in [1.54, 1.807) is 13.8 Å². The largest absolute Gasteiger partial charge is 0.338 e. The van der Waals surface area contributed by atoms with Crippen LogP contribution in [0.5, 0.6) is 0 Å². The number of piperazine rings is 1. The highest BCUT2D eigenvalue weighted by atomic mass is 32.2. The van der Waals surface area contributed by atoms with Crippen LogP contribution in [0.25, 0.3) is 0 Å². The lowest BCUT2D eigenvalue weighted by atomic mass is 10.1. The van der Waals surface area contributed by atoms with Gasteiger partial charge < -0.3 is 4.90 Å². The van der Waals surface area contributed by atoms with Crippen molar-refractivity contribution in [2.24, 2.45) is 0 Å². The number of rotatable bonds is 4. The predicted octanol–water partition coefficient (Wildman–Crippen LogP) is 0.404. The lowest BCUT2D eigenvalue weighted by molar-refractivity contribution is -0.133. The molecule has 9 nitrogen and oxygen atoms in total. The number of aromatic nitrogens is 2. The molecule has 158 valence electrons. The molecule has 11 heteroatoms. The van der Waals surface area contributed by atoms with Gasteiger partial charge in [0.25, 0.3) is 5.56 Å². The smallest absolute Gasteiger partial charge is 0.285 e. The third-order valence-electron chi connectivity index (χ3n) is 5.06. The molecule has 1 amide bonds. The minimum atomic E-state index is -3.87. The summed E-state index contributed by atoms with van der Waals surface area (Å²) in [5, 5.41) is 13.3. The number of nitrogens with zero attached hydrogens (tertiary/aromatic N) is 5. The van der Waals surface area contributed by atoms with Crippen molar-refractivity contribution in [3.63, 3.8) is 0 Å². The van der Waals surface area contributed by atoms with Crippen molar-refractivity contribution in [1.82, 2.24) is 19.0 Å². The van der Waals surface area contributed by atoms with E-state index in [4.69, 9.17) is 0 Å². The number of halogens is 1. The third kappa shape index (κ3) is 4.10. The van der Waals surface area contributed by atoms with E-state index in [1.165, 1.54) is 21.3 Å². The van der Waals surface area contributed by atoms with Gasteiger partial charge >= 0.3 is 0 Å². The van der Waals surface area contributed by atoms with Crippen LogP contribution < -0.4 is 5.56 Å². The molecule has 1 aromatic carbocycles. The average Bonchev–Trinajstić information content (AvgIpc) is 2.72. The van der Waals surface area contributed by atoms with Gasteiger partial charge in [0, 0.05) is 26.2 Å². The second kappa shape index (κ2) is 8.33. The van der Waals surface area contributed by atoms with E-state index in [1.807, 2.05) is 6.07 Å². The standard InChI is InChI=1S/C19H20FN5O4S/c1-13-14(2)22-25(19(27)17(13)11-21)12-18(26)23-6-8-24(9-7-23)30(28,29)16-5-3-4-15(20)10-16/h3-5,10H,6-9,12H2,1-2H3. The quantitative estimate of drug-likeness (QED) is 0.689. The number of carbonyl (C=O) groups excluding carboxylic acids is 1. The van der Waals surface area contributed by atoms with Gasteiger partial charge in [0.1, 0.15) is 24.0 Å². The summed E-state index contributed by atoms with van der Waals surface area (Å²) in [7, 11) is -3.87. The summed E-state index contributed by atoms with van der Waals surface area (Å²) in [5.74, 6) is -1.05. The van der Waals surface area contributed by atoms with Gasteiger partial charge in [-0.2, -0.15) is 14.7 Å². The molecule has 0 unspecified atom stereocenters. The van der Waals surface area contributed by atoms with Gasteiger partial charge in [0.15, 0.2) is 0 Å². The normalized spacial score (nSPS) is 15.1. The average molecular weight is 433 g/mol. The van der Waals surface area contributed by atoms with Crippen LogP contribution >= 0.6 is 0 Å². The van der Waals surface area contributed by atoms with E-state index in [0.29, 0.717) is 11.3 Å². The maximum atomic E-state index is 13.4. The summed E-state index contributed by atoms with van der Waals surface area (Å²) >= 11 is 0. The first kappa shape index (κ1) is 21.6. The Morgan fingerprint density at radius 2 is 1.90 bits per heavy atom. The minimum absolute atomic E-state index is 0.0449. The fraction of sp³-hybridized carbons (Fsp3) is 0.368. The van der Waals surface area contributed by atoms with E-state index in [2.05, 4.69) is 5.10 Å². The zero-order valence-corrected chi connectivity index (χ0v) is 17.3. The van der Waals surface area contributed by atoms with Crippen molar-refractivity contribution in [3.8, 4) is 6.07 Å². The number of nitriles is 1. The molecule has 2 aromatic rings. The number of hydrogen-bond donors (Lipinski definition) is 0. The molecule has 1 aromatic heterocycles. The summed E-state index contributed by atoms with van der Waals surface area (Å²) in [6, 6.07) is 6.60. The van der Waals surface area contributed by atoms with E-state index < -0.39 is 27.3 Å². The Morgan fingerprint density at radius 1 is 1.23 bits per heavy atom. The van der Waals surface area contributed by atoms with Gasteiger partial charge in [-0.25, -0.2) is 17.5 Å². The van der Waals surface area contributed by atoms with Crippen molar-refractivity contribution >= 4 is 15.9 Å². The van der Waals surface area contributed by atoms with Crippen molar-refractivity contribution < 1.29 is 17.6 Å². The summed E-state index contributed by atoms with van der Waals surface area (Å²) in [6.07, 6.45) is 0. The highest BCUT2D eigenvalue weighted by molar-refractivity contribution is 7.89. The molecule has 30 heavy (non-hydrogen) atoms. The molecule has 0 N–H and O–H groups in total. The molecule has 1 aliphatic rings. The lowest BCUT2D eigenvalue weighted by Crippen LogP contribution is -2.51. The van der Waals surface area contributed by atoms with Gasteiger partial charge in [0.2, 0.25) is 15.9 Å². The Hall–Kier alpha value is -3.10.